The molecule has 0 bridgehead atoms. The summed E-state index contributed by atoms with van der Waals surface area (Å²) in [5.41, 5.74) is 10.5. The highest BCUT2D eigenvalue weighted by atomic mass is 16.8. The maximum absolute atomic E-state index is 10.9. The third-order valence-electron chi connectivity index (χ3n) is 3.04. The molecule has 1 heterocycles. The molecule has 0 aromatic heterocycles. The Morgan fingerprint density at radius 3 is 1.93 bits per heavy atom. The summed E-state index contributed by atoms with van der Waals surface area (Å²) in [4.78, 5) is 56.5. The van der Waals surface area contributed by atoms with Crippen LogP contribution in [0.25, 0.3) is 0 Å². The van der Waals surface area contributed by atoms with Crippen molar-refractivity contribution in [2.24, 2.45) is 11.5 Å². The maximum Gasteiger partial charge on any atom is 0.321 e. The number of likely N-dealkylation sites (N-methyl/N-ethyl adjacent to an activating group) is 1. The number of nitrogens with two attached hydrogens (primary N) is 2. The lowest BCUT2D eigenvalue weighted by Crippen LogP contribution is -2.40. The molecule has 27 heavy (non-hydrogen) atoms. The van der Waals surface area contributed by atoms with Gasteiger partial charge in [-0.3, -0.25) is 24.1 Å². The van der Waals surface area contributed by atoms with E-state index < -0.39 is 11.8 Å². The summed E-state index contributed by atoms with van der Waals surface area (Å²) in [5.74, 6) is -1.17. The third-order valence-corrected chi connectivity index (χ3v) is 3.04. The number of carbonyl (C=O) groups excluding carboxylic acids is 5. The molecule has 10 heteroatoms. The highest BCUT2D eigenvalue weighted by Crippen LogP contribution is 2.10. The molecular formula is C17H34N4O6. The van der Waals surface area contributed by atoms with Crippen LogP contribution in [0.2, 0.25) is 0 Å². The minimum atomic E-state index is -0.461. The van der Waals surface area contributed by atoms with Crippen LogP contribution in [-0.4, -0.2) is 67.1 Å². The van der Waals surface area contributed by atoms with Gasteiger partial charge in [0.2, 0.25) is 5.91 Å². The van der Waals surface area contributed by atoms with Crippen LogP contribution in [0, 0.1) is 0 Å². The number of rotatable bonds is 8. The van der Waals surface area contributed by atoms with Gasteiger partial charge in [-0.15, -0.1) is 5.06 Å². The molecule has 1 unspecified atom stereocenters. The van der Waals surface area contributed by atoms with Gasteiger partial charge in [0, 0.05) is 12.8 Å². The Balaban J connectivity index is -0.000000347. The fraction of sp³-hybridized carbons (Fsp3) is 0.706. The number of aldehydes is 1. The molecule has 10 nitrogen and oxygen atoms in total. The van der Waals surface area contributed by atoms with E-state index in [0.29, 0.717) is 11.6 Å². The molecule has 1 aliphatic heterocycles. The lowest BCUT2D eigenvalue weighted by molar-refractivity contribution is -0.188. The van der Waals surface area contributed by atoms with Gasteiger partial charge in [0.15, 0.2) is 0 Å². The van der Waals surface area contributed by atoms with Crippen LogP contribution in [0.15, 0.2) is 0 Å². The van der Waals surface area contributed by atoms with Crippen molar-refractivity contribution in [3.63, 3.8) is 0 Å². The number of hydrogen-bond acceptors (Lipinski definition) is 8. The predicted molar refractivity (Wildman–Crippen MR) is 101 cm³/mol. The van der Waals surface area contributed by atoms with Gasteiger partial charge in [-0.05, 0) is 40.4 Å². The van der Waals surface area contributed by atoms with Gasteiger partial charge < -0.3 is 21.1 Å². The highest BCUT2D eigenvalue weighted by Gasteiger charge is 2.30. The van der Waals surface area contributed by atoms with Gasteiger partial charge in [0.1, 0.15) is 6.29 Å². The Bertz CT molecular complexity index is 427. The zero-order valence-electron chi connectivity index (χ0n) is 17.0. The number of nitrogens with zero attached hydrogens (tertiary/aromatic N) is 2. The van der Waals surface area contributed by atoms with Gasteiger partial charge in [0.25, 0.3) is 11.8 Å². The Labute approximate surface area is 161 Å². The standard InChI is InChI=1S/C8H19N3O.C5H5NO4.C2H4O.C2H6/c1-11(2)7(8(10)12)5-3-4-6-9;7-3-10-6-4(8)1-2-5(6)9;1-2-3;1-2/h7H,3-6,9H2,1-2H3,(H2,10,12);3H,1-2H2;2H,1H3;1-2H3/i9+1;3+1;;1+1,2+1. The van der Waals surface area contributed by atoms with Gasteiger partial charge >= 0.3 is 6.47 Å². The smallest absolute Gasteiger partial charge is 0.321 e. The van der Waals surface area contributed by atoms with Gasteiger partial charge in [-0.1, -0.05) is 20.3 Å². The van der Waals surface area contributed by atoms with E-state index in [2.05, 4.69) is 4.84 Å². The molecule has 0 aromatic rings. The molecule has 158 valence electrons. The van der Waals surface area contributed by atoms with Crippen LogP contribution in [0.5, 0.6) is 0 Å². The lowest BCUT2D eigenvalue weighted by Gasteiger charge is -2.20. The SMILES string of the molecule is CC=O.CN(C)C(CCCC[15NH2])C(N)=O.O=[13CH]ON1C(=O)CCC1=O.[13CH3][13CH3]. The molecule has 1 rings (SSSR count). The van der Waals surface area contributed by atoms with Crippen LogP contribution in [0.3, 0.4) is 0 Å². The number of imide groups is 1. The van der Waals surface area contributed by atoms with Crippen molar-refractivity contribution in [3.05, 3.63) is 0 Å². The summed E-state index contributed by atoms with van der Waals surface area (Å²) >= 11 is 0. The molecule has 0 aliphatic carbocycles. The van der Waals surface area contributed by atoms with Crippen LogP contribution < -0.4 is 11.5 Å². The van der Waals surface area contributed by atoms with Crippen LogP contribution in [0.4, 0.5) is 0 Å². The lowest BCUT2D eigenvalue weighted by atomic mass is 10.1. The Morgan fingerprint density at radius 2 is 1.63 bits per heavy atom. The van der Waals surface area contributed by atoms with E-state index in [4.69, 9.17) is 16.3 Å². The topological polar surface area (TPSA) is 153 Å². The Hall–Kier alpha value is -2.33. The van der Waals surface area contributed by atoms with Crippen molar-refractivity contribution < 1.29 is 28.8 Å². The summed E-state index contributed by atoms with van der Waals surface area (Å²) in [6, 6.07) is -0.142. The summed E-state index contributed by atoms with van der Waals surface area (Å²) in [6.45, 7) is 6.18. The number of unbranched alkanes of at least 4 members (excludes halogenated alkanes) is 1. The Kier molecular flexibility index (Phi) is 21.8. The highest BCUT2D eigenvalue weighted by molar-refractivity contribution is 6.01. The fourth-order valence-electron chi connectivity index (χ4n) is 1.85. The molecule has 3 amide bonds. The predicted octanol–water partition coefficient (Wildman–Crippen LogP) is -0.0143. The van der Waals surface area contributed by atoms with Crippen molar-refractivity contribution in [2.45, 2.75) is 58.9 Å². The second-order valence-electron chi connectivity index (χ2n) is 5.19. The molecular weight excluding hydrogens is 360 g/mol. The first kappa shape index (κ1) is 29.4. The first-order valence-electron chi connectivity index (χ1n) is 8.78. The number of primary amides is 1. The number of carbonyl (C=O) groups is 5. The number of hydroxylamine groups is 2. The molecule has 0 aromatic carbocycles. The van der Waals surface area contributed by atoms with E-state index in [9.17, 15) is 19.2 Å². The van der Waals surface area contributed by atoms with Crippen molar-refractivity contribution >= 4 is 30.5 Å². The maximum atomic E-state index is 10.9. The summed E-state index contributed by atoms with van der Waals surface area (Å²) in [7, 11) is 3.72. The molecule has 4 N–H and O–H groups in total. The molecule has 0 radical (unpaired) electrons. The molecule has 0 spiro atoms. The van der Waals surface area contributed by atoms with Crippen molar-refractivity contribution in [2.75, 3.05) is 20.6 Å². The van der Waals surface area contributed by atoms with E-state index in [1.54, 1.807) is 0 Å². The van der Waals surface area contributed by atoms with Crippen molar-refractivity contribution in [1.29, 1.82) is 0 Å². The normalized spacial score (nSPS) is 13.2. The van der Waals surface area contributed by atoms with E-state index in [-0.39, 0.29) is 31.3 Å². The van der Waals surface area contributed by atoms with E-state index in [1.165, 1.54) is 6.92 Å². The molecule has 1 atom stereocenters. The van der Waals surface area contributed by atoms with Gasteiger partial charge in [-0.25, -0.2) is 0 Å². The molecule has 1 fully saturated rings. The minimum absolute atomic E-state index is 0.0567. The van der Waals surface area contributed by atoms with Crippen LogP contribution in [-0.2, 0) is 28.8 Å². The first-order chi connectivity index (χ1) is 12.8. The zero-order valence-corrected chi connectivity index (χ0v) is 17.0. The summed E-state index contributed by atoms with van der Waals surface area (Å²) < 4.78 is 0. The average molecular weight is 394 g/mol. The van der Waals surface area contributed by atoms with E-state index in [1.807, 2.05) is 32.8 Å². The second kappa shape index (κ2) is 20.0. The second-order valence-corrected chi connectivity index (χ2v) is 5.19. The number of amides is 3. The average Bonchev–Trinajstić information content (AvgIpc) is 2.93. The molecule has 0 saturated carbocycles. The third kappa shape index (κ3) is 15.6. The van der Waals surface area contributed by atoms with Gasteiger partial charge in [0.05, 0.1) is 6.04 Å². The number of hydrogen-bond donors (Lipinski definition) is 2. The van der Waals surface area contributed by atoms with Crippen LogP contribution >= 0.6 is 0 Å². The summed E-state index contributed by atoms with van der Waals surface area (Å²) in [5, 5.41) is 0.479. The summed E-state index contributed by atoms with van der Waals surface area (Å²) in [6.07, 6.45) is 3.73. The van der Waals surface area contributed by atoms with Gasteiger partial charge in [-0.2, -0.15) is 0 Å². The quantitative estimate of drug-likeness (QED) is 0.191. The first-order valence-corrected chi connectivity index (χ1v) is 8.78. The van der Waals surface area contributed by atoms with Crippen molar-refractivity contribution in [1.82, 2.24) is 9.96 Å². The monoisotopic (exact) mass is 394 g/mol. The molecule has 1 saturated heterocycles. The largest absolute Gasteiger partial charge is 0.368 e. The minimum Gasteiger partial charge on any atom is -0.368 e. The zero-order chi connectivity index (χ0) is 21.8. The van der Waals surface area contributed by atoms with E-state index >= 15 is 0 Å². The Morgan fingerprint density at radius 1 is 1.19 bits per heavy atom. The molecule has 1 aliphatic rings. The van der Waals surface area contributed by atoms with Crippen molar-refractivity contribution in [3.8, 4) is 0 Å². The van der Waals surface area contributed by atoms with Crippen LogP contribution in [0.1, 0.15) is 52.9 Å². The fourth-order valence-corrected chi connectivity index (χ4v) is 1.85. The van der Waals surface area contributed by atoms with E-state index in [0.717, 1.165) is 25.5 Å².